The monoisotopic (exact) mass is 483 g/mol. The Hall–Kier alpha value is -3.11. The fourth-order valence-electron chi connectivity index (χ4n) is 3.22. The molecule has 1 aromatic carbocycles. The predicted octanol–water partition coefficient (Wildman–Crippen LogP) is 3.99. The molecule has 0 radical (unpaired) electrons. The molecule has 182 valence electrons. The zero-order valence-electron chi connectivity index (χ0n) is 20.6. The minimum absolute atomic E-state index is 0.0835. The van der Waals surface area contributed by atoms with Crippen molar-refractivity contribution >= 4 is 17.9 Å². The van der Waals surface area contributed by atoms with Gasteiger partial charge in [-0.3, -0.25) is 9.29 Å². The summed E-state index contributed by atoms with van der Waals surface area (Å²) >= 11 is 1.51. The van der Waals surface area contributed by atoms with Crippen LogP contribution in [0, 0.1) is 6.92 Å². The molecule has 0 bridgehead atoms. The number of hydrogen-bond donors (Lipinski definition) is 2. The highest BCUT2D eigenvalue weighted by Crippen LogP contribution is 2.36. The summed E-state index contributed by atoms with van der Waals surface area (Å²) in [6.07, 6.45) is 8.34. The smallest absolute Gasteiger partial charge is 0.239 e. The second-order valence-corrected chi connectivity index (χ2v) is 9.56. The van der Waals surface area contributed by atoms with Gasteiger partial charge in [0.05, 0.1) is 7.11 Å². The molecule has 0 spiro atoms. The first-order chi connectivity index (χ1) is 16.3. The van der Waals surface area contributed by atoms with E-state index in [0.717, 1.165) is 17.9 Å². The summed E-state index contributed by atoms with van der Waals surface area (Å²) in [5, 5.41) is 19.6. The number of aromatic nitrogens is 5. The van der Waals surface area contributed by atoms with Crippen molar-refractivity contribution in [3.63, 3.8) is 0 Å². The molecule has 0 fully saturated rings. The van der Waals surface area contributed by atoms with Gasteiger partial charge in [-0.1, -0.05) is 32.1 Å². The van der Waals surface area contributed by atoms with Crippen LogP contribution in [0.15, 0.2) is 42.7 Å². The first-order valence-corrected chi connectivity index (χ1v) is 12.0. The molecule has 2 aromatic heterocycles. The number of benzene rings is 1. The topological polar surface area (TPSA) is 101 Å². The maximum absolute atomic E-state index is 10.7. The van der Waals surface area contributed by atoms with E-state index >= 15 is 0 Å². The van der Waals surface area contributed by atoms with Crippen molar-refractivity contribution in [2.45, 2.75) is 38.4 Å². The van der Waals surface area contributed by atoms with Gasteiger partial charge in [-0.05, 0) is 50.7 Å². The largest absolute Gasteiger partial charge is 0.506 e. The van der Waals surface area contributed by atoms with Crippen LogP contribution in [0.2, 0.25) is 0 Å². The molecule has 3 rings (SSSR count). The van der Waals surface area contributed by atoms with Crippen molar-refractivity contribution in [2.75, 3.05) is 32.5 Å². The minimum atomic E-state index is 0.0835. The summed E-state index contributed by atoms with van der Waals surface area (Å²) in [6.45, 7) is 7.01. The van der Waals surface area contributed by atoms with Crippen molar-refractivity contribution in [1.82, 2.24) is 29.6 Å². The Kier molecular flexibility index (Phi) is 8.89. The predicted molar refractivity (Wildman–Crippen MR) is 137 cm³/mol. The zero-order chi connectivity index (χ0) is 24.7. The number of aromatic hydroxyl groups is 1. The maximum Gasteiger partial charge on any atom is 0.239 e. The molecular formula is C24H33N7O2S. The highest BCUT2D eigenvalue weighted by molar-refractivity contribution is 8.01. The lowest BCUT2D eigenvalue weighted by Crippen LogP contribution is -2.15. The Labute approximate surface area is 205 Å². The molecular weight excluding hydrogens is 450 g/mol. The van der Waals surface area contributed by atoms with Crippen molar-refractivity contribution in [3.8, 4) is 17.2 Å². The number of phenols is 1. The van der Waals surface area contributed by atoms with Crippen LogP contribution in [0.25, 0.3) is 5.69 Å². The lowest BCUT2D eigenvalue weighted by molar-refractivity contribution is 0.404. The molecule has 0 saturated carbocycles. The van der Waals surface area contributed by atoms with Crippen LogP contribution >= 0.6 is 11.9 Å². The second-order valence-electron chi connectivity index (χ2n) is 8.37. The van der Waals surface area contributed by atoms with Gasteiger partial charge in [0, 0.05) is 36.5 Å². The Balaban J connectivity index is 1.87. The van der Waals surface area contributed by atoms with Gasteiger partial charge >= 0.3 is 0 Å². The number of aryl methyl sites for hydroxylation is 1. The molecule has 2 unspecified atom stereocenters. The number of allylic oxidation sites excluding steroid dienone is 1. The number of nitrogens with one attached hydrogen (secondary N) is 1. The summed E-state index contributed by atoms with van der Waals surface area (Å²) in [5.41, 5.74) is 1.53. The first kappa shape index (κ1) is 25.5. The molecule has 2 N–H and O–H groups in total. The third kappa shape index (κ3) is 6.27. The lowest BCUT2D eigenvalue weighted by atomic mass is 10.1. The molecule has 34 heavy (non-hydrogen) atoms. The number of ether oxygens (including phenoxy) is 1. The molecule has 0 saturated heterocycles. The summed E-state index contributed by atoms with van der Waals surface area (Å²) in [6, 6.07) is 5.17. The standard InChI is InChI=1S/C24H33N7O2S/c1-16-14-25-23(26-15-16)17(2)18(3)34-29-24-28-27-21(12-7-8-13-30(4)5)31(24)22-19(32)10-9-11-20(22)33-6/h7-11,14-15,17-18,32H,12-13H2,1-6H3,(H,28,29)/b8-7-. The minimum Gasteiger partial charge on any atom is -0.506 e. The number of nitrogens with zero attached hydrogens (tertiary/aromatic N) is 6. The third-order valence-corrected chi connectivity index (χ3v) is 6.42. The average molecular weight is 484 g/mol. The molecule has 2 heterocycles. The van der Waals surface area contributed by atoms with Gasteiger partial charge < -0.3 is 14.7 Å². The quantitative estimate of drug-likeness (QED) is 0.310. The van der Waals surface area contributed by atoms with Gasteiger partial charge in [0.25, 0.3) is 0 Å². The van der Waals surface area contributed by atoms with E-state index in [9.17, 15) is 5.11 Å². The van der Waals surface area contributed by atoms with Crippen LogP contribution in [0.4, 0.5) is 5.95 Å². The molecule has 9 nitrogen and oxygen atoms in total. The molecule has 0 aliphatic heterocycles. The van der Waals surface area contributed by atoms with Crippen LogP contribution in [-0.4, -0.2) is 67.7 Å². The number of rotatable bonds is 11. The summed E-state index contributed by atoms with van der Waals surface area (Å²) in [5.74, 6) is 2.71. The molecule has 10 heteroatoms. The van der Waals surface area contributed by atoms with Crippen LogP contribution in [0.3, 0.4) is 0 Å². The Morgan fingerprint density at radius 1 is 1.18 bits per heavy atom. The van der Waals surface area contributed by atoms with Crippen molar-refractivity contribution in [2.24, 2.45) is 0 Å². The Morgan fingerprint density at radius 3 is 2.59 bits per heavy atom. The second kappa shape index (κ2) is 11.8. The fourth-order valence-corrected chi connectivity index (χ4v) is 3.97. The number of methoxy groups -OCH3 is 1. The van der Waals surface area contributed by atoms with Crippen LogP contribution in [0.1, 0.15) is 37.0 Å². The van der Waals surface area contributed by atoms with E-state index in [4.69, 9.17) is 4.74 Å². The van der Waals surface area contributed by atoms with Gasteiger partial charge in [-0.25, -0.2) is 9.97 Å². The first-order valence-electron chi connectivity index (χ1n) is 11.1. The fraction of sp³-hybridized carbons (Fsp3) is 0.417. The van der Waals surface area contributed by atoms with Crippen LogP contribution < -0.4 is 9.46 Å². The van der Waals surface area contributed by atoms with E-state index in [1.54, 1.807) is 29.9 Å². The number of anilines is 1. The highest BCUT2D eigenvalue weighted by atomic mass is 32.2. The van der Waals surface area contributed by atoms with Crippen LogP contribution in [0.5, 0.6) is 11.5 Å². The van der Waals surface area contributed by atoms with Gasteiger partial charge in [0.15, 0.2) is 0 Å². The maximum atomic E-state index is 10.7. The number of hydrogen-bond acceptors (Lipinski definition) is 9. The number of phenolic OH excluding ortho intramolecular Hbond substituents is 1. The third-order valence-electron chi connectivity index (χ3n) is 5.34. The Bertz CT molecular complexity index is 1100. The summed E-state index contributed by atoms with van der Waals surface area (Å²) < 4.78 is 10.7. The van der Waals surface area contributed by atoms with Gasteiger partial charge in [0.2, 0.25) is 5.95 Å². The molecule has 0 aliphatic carbocycles. The van der Waals surface area contributed by atoms with E-state index in [1.807, 2.05) is 39.5 Å². The number of para-hydroxylation sites is 1. The van der Waals surface area contributed by atoms with E-state index in [0.29, 0.717) is 29.6 Å². The number of likely N-dealkylation sites (N-methyl/N-ethyl adjacent to an activating group) is 1. The zero-order valence-corrected chi connectivity index (χ0v) is 21.4. The van der Waals surface area contributed by atoms with E-state index in [1.165, 1.54) is 11.9 Å². The summed E-state index contributed by atoms with van der Waals surface area (Å²) in [4.78, 5) is 11.0. The molecule has 0 amide bonds. The van der Waals surface area contributed by atoms with Crippen molar-refractivity contribution in [1.29, 1.82) is 0 Å². The van der Waals surface area contributed by atoms with E-state index in [2.05, 4.69) is 49.7 Å². The lowest BCUT2D eigenvalue weighted by Gasteiger charge is -2.20. The normalized spacial score (nSPS) is 13.4. The van der Waals surface area contributed by atoms with Crippen LogP contribution in [-0.2, 0) is 6.42 Å². The molecule has 2 atom stereocenters. The van der Waals surface area contributed by atoms with Gasteiger partial charge in [-0.15, -0.1) is 10.2 Å². The molecule has 0 aliphatic rings. The average Bonchev–Trinajstić information content (AvgIpc) is 3.22. The van der Waals surface area contributed by atoms with Crippen molar-refractivity contribution in [3.05, 3.63) is 60.0 Å². The Morgan fingerprint density at radius 2 is 1.91 bits per heavy atom. The molecule has 3 aromatic rings. The van der Waals surface area contributed by atoms with Gasteiger partial charge in [0.1, 0.15) is 28.8 Å². The SMILES string of the molecule is COc1cccc(O)c1-n1c(C/C=C\CN(C)C)nnc1NSC(C)C(C)c1ncc(C)cn1. The van der Waals surface area contributed by atoms with Crippen molar-refractivity contribution < 1.29 is 9.84 Å². The summed E-state index contributed by atoms with van der Waals surface area (Å²) in [7, 11) is 5.61. The highest BCUT2D eigenvalue weighted by Gasteiger charge is 2.22. The van der Waals surface area contributed by atoms with Gasteiger partial charge in [-0.2, -0.15) is 0 Å². The van der Waals surface area contributed by atoms with E-state index < -0.39 is 0 Å². The van der Waals surface area contributed by atoms with E-state index in [-0.39, 0.29) is 16.9 Å².